The lowest BCUT2D eigenvalue weighted by Gasteiger charge is -2.24. The third-order valence-corrected chi connectivity index (χ3v) is 6.54. The zero-order valence-electron chi connectivity index (χ0n) is 18.8. The van der Waals surface area contributed by atoms with Gasteiger partial charge in [-0.1, -0.05) is 6.07 Å². The van der Waals surface area contributed by atoms with Crippen LogP contribution in [0.4, 0.5) is 10.8 Å². The summed E-state index contributed by atoms with van der Waals surface area (Å²) in [5, 5.41) is 7.29. The predicted octanol–water partition coefficient (Wildman–Crippen LogP) is 5.82. The Labute approximate surface area is 196 Å². The van der Waals surface area contributed by atoms with Crippen molar-refractivity contribution in [3.05, 3.63) is 88.3 Å². The lowest BCUT2D eigenvalue weighted by atomic mass is 9.95. The molecule has 1 atom stereocenters. The molecule has 0 saturated carbocycles. The predicted molar refractivity (Wildman–Crippen MR) is 130 cm³/mol. The Kier molecular flexibility index (Phi) is 6.65. The van der Waals surface area contributed by atoms with Crippen LogP contribution >= 0.6 is 11.3 Å². The second-order valence-electron chi connectivity index (χ2n) is 7.36. The number of nitrogens with zero attached hydrogens (tertiary/aromatic N) is 1. The van der Waals surface area contributed by atoms with E-state index in [1.165, 1.54) is 17.6 Å². The first kappa shape index (κ1) is 22.4. The summed E-state index contributed by atoms with van der Waals surface area (Å²) in [4.78, 5) is 18.3. The number of rotatable bonds is 8. The molecule has 0 fully saturated rings. The number of thiophene rings is 1. The maximum absolute atomic E-state index is 12.8. The van der Waals surface area contributed by atoms with Crippen molar-refractivity contribution in [2.24, 2.45) is 0 Å². The summed E-state index contributed by atoms with van der Waals surface area (Å²) in [6, 6.07) is 14.4. The minimum Gasteiger partial charge on any atom is -0.497 e. The summed E-state index contributed by atoms with van der Waals surface area (Å²) in [5.74, 6) is 2.00. The van der Waals surface area contributed by atoms with Crippen LogP contribution in [-0.4, -0.2) is 25.1 Å². The molecule has 7 nitrogen and oxygen atoms in total. The smallest absolute Gasteiger partial charge is 0.291 e. The molecule has 1 aromatic carbocycles. The van der Waals surface area contributed by atoms with Crippen molar-refractivity contribution in [3.8, 4) is 11.5 Å². The van der Waals surface area contributed by atoms with E-state index in [9.17, 15) is 4.79 Å². The van der Waals surface area contributed by atoms with E-state index in [2.05, 4.69) is 15.6 Å². The Morgan fingerprint density at radius 2 is 1.94 bits per heavy atom. The number of anilines is 2. The molecule has 170 valence electrons. The molecule has 0 unspecified atom stereocenters. The fourth-order valence-corrected chi connectivity index (χ4v) is 4.71. The number of hydrogen-bond donors (Lipinski definition) is 2. The van der Waals surface area contributed by atoms with E-state index in [1.54, 1.807) is 32.5 Å². The topological polar surface area (TPSA) is 85.6 Å². The van der Waals surface area contributed by atoms with Gasteiger partial charge in [0, 0.05) is 28.3 Å². The van der Waals surface area contributed by atoms with Gasteiger partial charge in [-0.25, -0.2) is 4.98 Å². The Balaban J connectivity index is 1.83. The third kappa shape index (κ3) is 4.70. The number of aryl methyl sites for hydroxylation is 1. The van der Waals surface area contributed by atoms with Crippen molar-refractivity contribution in [3.63, 3.8) is 0 Å². The van der Waals surface area contributed by atoms with Gasteiger partial charge in [0.05, 0.1) is 26.5 Å². The molecular formula is C25H25N3O4S. The standard InChI is InChI=1S/C25H25N3O4S/c1-15-16(2)33-25(28-24(29)19-8-7-13-32-19)22(15)23(27-21-9-5-6-12-26-21)18-11-10-17(30-3)14-20(18)31-4/h5-14,23H,1-4H3,(H,26,27)(H,28,29)/t23-/m0/s1. The van der Waals surface area contributed by atoms with Crippen molar-refractivity contribution < 1.29 is 18.7 Å². The van der Waals surface area contributed by atoms with E-state index in [0.717, 1.165) is 26.6 Å². The highest BCUT2D eigenvalue weighted by molar-refractivity contribution is 7.16. The molecule has 3 heterocycles. The van der Waals surface area contributed by atoms with Crippen LogP contribution in [0.25, 0.3) is 0 Å². The summed E-state index contributed by atoms with van der Waals surface area (Å²) < 4.78 is 16.4. The van der Waals surface area contributed by atoms with Gasteiger partial charge in [-0.15, -0.1) is 11.3 Å². The van der Waals surface area contributed by atoms with Gasteiger partial charge in [-0.05, 0) is 55.8 Å². The molecule has 8 heteroatoms. The Morgan fingerprint density at radius 1 is 1.09 bits per heavy atom. The molecule has 0 aliphatic heterocycles. The number of benzene rings is 1. The molecule has 0 aliphatic rings. The van der Waals surface area contributed by atoms with Crippen LogP contribution < -0.4 is 20.1 Å². The number of carbonyl (C=O) groups excluding carboxylic acids is 1. The van der Waals surface area contributed by atoms with E-state index in [-0.39, 0.29) is 17.7 Å². The maximum atomic E-state index is 12.8. The number of carbonyl (C=O) groups is 1. The molecule has 2 N–H and O–H groups in total. The highest BCUT2D eigenvalue weighted by atomic mass is 32.1. The van der Waals surface area contributed by atoms with Gasteiger partial charge in [0.25, 0.3) is 5.91 Å². The Hall–Kier alpha value is -3.78. The summed E-state index contributed by atoms with van der Waals surface area (Å²) in [7, 11) is 3.24. The molecule has 0 bridgehead atoms. The van der Waals surface area contributed by atoms with E-state index >= 15 is 0 Å². The van der Waals surface area contributed by atoms with Crippen molar-refractivity contribution >= 4 is 28.1 Å². The van der Waals surface area contributed by atoms with Gasteiger partial charge in [-0.3, -0.25) is 4.79 Å². The molecule has 4 rings (SSSR count). The van der Waals surface area contributed by atoms with Crippen LogP contribution in [0.15, 0.2) is 65.4 Å². The van der Waals surface area contributed by atoms with Crippen LogP contribution in [0, 0.1) is 13.8 Å². The van der Waals surface area contributed by atoms with Crippen molar-refractivity contribution in [2.75, 3.05) is 24.9 Å². The van der Waals surface area contributed by atoms with Crippen LogP contribution in [0.1, 0.15) is 38.2 Å². The van der Waals surface area contributed by atoms with Gasteiger partial charge in [0.15, 0.2) is 5.76 Å². The molecule has 4 aromatic rings. The highest BCUT2D eigenvalue weighted by Crippen LogP contribution is 2.43. The summed E-state index contributed by atoms with van der Waals surface area (Å²) in [6.45, 7) is 4.09. The molecule has 3 aromatic heterocycles. The van der Waals surface area contributed by atoms with Crippen LogP contribution in [-0.2, 0) is 0 Å². The summed E-state index contributed by atoms with van der Waals surface area (Å²) in [5.41, 5.74) is 2.89. The third-order valence-electron chi connectivity index (χ3n) is 5.40. The summed E-state index contributed by atoms with van der Waals surface area (Å²) in [6.07, 6.45) is 3.21. The largest absolute Gasteiger partial charge is 0.497 e. The first-order valence-electron chi connectivity index (χ1n) is 10.4. The second kappa shape index (κ2) is 9.79. The normalized spacial score (nSPS) is 11.6. The van der Waals surface area contributed by atoms with E-state index in [0.29, 0.717) is 17.3 Å². The van der Waals surface area contributed by atoms with Crippen molar-refractivity contribution in [1.82, 2.24) is 4.98 Å². The number of methoxy groups -OCH3 is 2. The molecule has 0 spiro atoms. The zero-order valence-corrected chi connectivity index (χ0v) is 19.7. The molecule has 0 aliphatic carbocycles. The van der Waals surface area contributed by atoms with Gasteiger partial charge in [-0.2, -0.15) is 0 Å². The minimum atomic E-state index is -0.349. The monoisotopic (exact) mass is 463 g/mol. The van der Waals surface area contributed by atoms with Crippen LogP contribution in [0.5, 0.6) is 11.5 Å². The average molecular weight is 464 g/mol. The zero-order chi connectivity index (χ0) is 23.4. The fraction of sp³-hybridized carbons (Fsp3) is 0.200. The molecule has 0 radical (unpaired) electrons. The minimum absolute atomic E-state index is 0.251. The van der Waals surface area contributed by atoms with E-state index < -0.39 is 0 Å². The van der Waals surface area contributed by atoms with Gasteiger partial charge in [0.2, 0.25) is 0 Å². The van der Waals surface area contributed by atoms with Crippen molar-refractivity contribution in [2.45, 2.75) is 19.9 Å². The van der Waals surface area contributed by atoms with E-state index in [4.69, 9.17) is 13.9 Å². The first-order valence-corrected chi connectivity index (χ1v) is 11.2. The number of furan rings is 1. The average Bonchev–Trinajstić information content (AvgIpc) is 3.47. The molecule has 33 heavy (non-hydrogen) atoms. The maximum Gasteiger partial charge on any atom is 0.291 e. The van der Waals surface area contributed by atoms with Crippen molar-refractivity contribution in [1.29, 1.82) is 0 Å². The number of hydrogen-bond acceptors (Lipinski definition) is 7. The second-order valence-corrected chi connectivity index (χ2v) is 8.58. The van der Waals surface area contributed by atoms with Gasteiger partial charge < -0.3 is 24.5 Å². The fourth-order valence-electron chi connectivity index (χ4n) is 3.62. The summed E-state index contributed by atoms with van der Waals surface area (Å²) >= 11 is 1.52. The number of amides is 1. The molecule has 1 amide bonds. The van der Waals surface area contributed by atoms with Crippen LogP contribution in [0.3, 0.4) is 0 Å². The van der Waals surface area contributed by atoms with Gasteiger partial charge in [0.1, 0.15) is 22.3 Å². The first-order chi connectivity index (χ1) is 16.0. The number of pyridine rings is 1. The molecular weight excluding hydrogens is 438 g/mol. The molecule has 0 saturated heterocycles. The Bertz CT molecular complexity index is 1240. The Morgan fingerprint density at radius 3 is 2.61 bits per heavy atom. The van der Waals surface area contributed by atoms with E-state index in [1.807, 2.05) is 50.2 Å². The number of ether oxygens (including phenoxy) is 2. The highest BCUT2D eigenvalue weighted by Gasteiger charge is 2.28. The number of aromatic nitrogens is 1. The lowest BCUT2D eigenvalue weighted by molar-refractivity contribution is 0.0997. The van der Waals surface area contributed by atoms with Crippen LogP contribution in [0.2, 0.25) is 0 Å². The lowest BCUT2D eigenvalue weighted by Crippen LogP contribution is -2.18. The SMILES string of the molecule is COc1ccc([C@H](Nc2ccccn2)c2c(NC(=O)c3ccco3)sc(C)c2C)c(OC)c1. The number of nitrogens with one attached hydrogen (secondary N) is 2. The quantitative estimate of drug-likeness (QED) is 0.342. The van der Waals surface area contributed by atoms with Gasteiger partial charge >= 0.3 is 0 Å².